The summed E-state index contributed by atoms with van der Waals surface area (Å²) in [6, 6.07) is 11.2. The highest BCUT2D eigenvalue weighted by Gasteiger charge is 2.18. The van der Waals surface area contributed by atoms with E-state index < -0.39 is 0 Å². The highest BCUT2D eigenvalue weighted by Crippen LogP contribution is 2.12. The Morgan fingerprint density at radius 3 is 2.47 bits per heavy atom. The van der Waals surface area contributed by atoms with Gasteiger partial charge in [-0.25, -0.2) is 0 Å². The van der Waals surface area contributed by atoms with Crippen molar-refractivity contribution in [3.05, 3.63) is 35.9 Å². The molecule has 2 heteroatoms. The van der Waals surface area contributed by atoms with E-state index >= 15 is 0 Å². The minimum Gasteiger partial charge on any atom is -0.380 e. The number of methoxy groups -OCH3 is 1. The molecule has 2 nitrogen and oxygen atoms in total. The zero-order valence-corrected chi connectivity index (χ0v) is 12.7. The largest absolute Gasteiger partial charge is 0.380 e. The van der Waals surface area contributed by atoms with Crippen LogP contribution in [0.4, 0.5) is 0 Å². The summed E-state index contributed by atoms with van der Waals surface area (Å²) in [7, 11) is 1.83. The highest BCUT2D eigenvalue weighted by atomic mass is 16.5. The van der Waals surface area contributed by atoms with E-state index in [0.29, 0.717) is 12.1 Å². The number of nitrogens with one attached hydrogen (secondary N) is 1. The van der Waals surface area contributed by atoms with Gasteiger partial charge in [-0.1, -0.05) is 44.2 Å². The first-order valence-electron chi connectivity index (χ1n) is 7.61. The van der Waals surface area contributed by atoms with Gasteiger partial charge in [0, 0.05) is 13.2 Å². The van der Waals surface area contributed by atoms with E-state index in [9.17, 15) is 0 Å². The Kier molecular flexibility index (Phi) is 8.52. The molecule has 0 aromatic heterocycles. The first-order chi connectivity index (χ1) is 9.31. The minimum absolute atomic E-state index is 0.335. The van der Waals surface area contributed by atoms with Crippen LogP contribution >= 0.6 is 0 Å². The summed E-state index contributed by atoms with van der Waals surface area (Å²) >= 11 is 0. The Morgan fingerprint density at radius 1 is 1.16 bits per heavy atom. The van der Waals surface area contributed by atoms with E-state index in [1.165, 1.54) is 24.8 Å². The van der Waals surface area contributed by atoms with Crippen LogP contribution in [-0.2, 0) is 11.2 Å². The molecule has 0 aliphatic carbocycles. The molecular weight excluding hydrogens is 234 g/mol. The van der Waals surface area contributed by atoms with Crippen LogP contribution in [0.2, 0.25) is 0 Å². The van der Waals surface area contributed by atoms with Crippen molar-refractivity contribution in [1.29, 1.82) is 0 Å². The van der Waals surface area contributed by atoms with Crippen LogP contribution in [0.5, 0.6) is 0 Å². The molecule has 0 radical (unpaired) electrons. The van der Waals surface area contributed by atoms with Crippen molar-refractivity contribution in [2.24, 2.45) is 0 Å². The standard InChI is InChI=1S/C17H29NO/c1-4-14-18-16(17(5-2)19-3)13-9-12-15-10-7-6-8-11-15/h6-8,10-11,16-18H,4-5,9,12-14H2,1-3H3. The van der Waals surface area contributed by atoms with Crippen molar-refractivity contribution in [2.45, 2.75) is 58.1 Å². The fraction of sp³-hybridized carbons (Fsp3) is 0.647. The lowest BCUT2D eigenvalue weighted by Gasteiger charge is -2.26. The summed E-state index contributed by atoms with van der Waals surface area (Å²) in [5, 5.41) is 3.63. The maximum absolute atomic E-state index is 5.60. The molecule has 2 unspecified atom stereocenters. The first-order valence-corrected chi connectivity index (χ1v) is 7.61. The minimum atomic E-state index is 0.335. The summed E-state index contributed by atoms with van der Waals surface area (Å²) in [6.45, 7) is 5.49. The molecule has 0 spiro atoms. The van der Waals surface area contributed by atoms with Gasteiger partial charge in [-0.15, -0.1) is 0 Å². The quantitative estimate of drug-likeness (QED) is 0.693. The third-order valence-corrected chi connectivity index (χ3v) is 3.63. The van der Waals surface area contributed by atoms with Crippen LogP contribution in [0.3, 0.4) is 0 Å². The van der Waals surface area contributed by atoms with Gasteiger partial charge in [-0.2, -0.15) is 0 Å². The number of aryl methyl sites for hydroxylation is 1. The van der Waals surface area contributed by atoms with Gasteiger partial charge in [0.1, 0.15) is 0 Å². The predicted molar refractivity (Wildman–Crippen MR) is 82.5 cm³/mol. The average molecular weight is 263 g/mol. The first kappa shape index (κ1) is 16.2. The summed E-state index contributed by atoms with van der Waals surface area (Å²) in [5.41, 5.74) is 1.43. The lowest BCUT2D eigenvalue weighted by molar-refractivity contribution is 0.0619. The van der Waals surface area contributed by atoms with E-state index in [4.69, 9.17) is 4.74 Å². The lowest BCUT2D eigenvalue weighted by atomic mass is 9.99. The van der Waals surface area contributed by atoms with Gasteiger partial charge in [0.25, 0.3) is 0 Å². The normalized spacial score (nSPS) is 14.3. The molecule has 19 heavy (non-hydrogen) atoms. The van der Waals surface area contributed by atoms with Gasteiger partial charge >= 0.3 is 0 Å². The predicted octanol–water partition coefficient (Wildman–Crippen LogP) is 3.80. The van der Waals surface area contributed by atoms with Gasteiger partial charge in [-0.3, -0.25) is 0 Å². The number of rotatable bonds is 10. The summed E-state index contributed by atoms with van der Waals surface area (Å²) < 4.78 is 5.60. The molecular formula is C17H29NO. The average Bonchev–Trinajstić information content (AvgIpc) is 2.46. The Labute approximate surface area is 118 Å². The highest BCUT2D eigenvalue weighted by molar-refractivity contribution is 5.14. The monoisotopic (exact) mass is 263 g/mol. The summed E-state index contributed by atoms with van der Waals surface area (Å²) in [5.74, 6) is 0. The van der Waals surface area contributed by atoms with Crippen molar-refractivity contribution >= 4 is 0 Å². The Hall–Kier alpha value is -0.860. The molecule has 1 rings (SSSR count). The molecule has 1 aromatic rings. The molecule has 0 saturated carbocycles. The number of benzene rings is 1. The summed E-state index contributed by atoms with van der Waals surface area (Å²) in [6.07, 6.45) is 6.14. The van der Waals surface area contributed by atoms with Crippen molar-refractivity contribution in [1.82, 2.24) is 5.32 Å². The second-order valence-corrected chi connectivity index (χ2v) is 5.12. The molecule has 0 bridgehead atoms. The number of ether oxygens (including phenoxy) is 1. The smallest absolute Gasteiger partial charge is 0.0721 e. The molecule has 0 aliphatic heterocycles. The van der Waals surface area contributed by atoms with Gasteiger partial charge in [-0.05, 0) is 44.2 Å². The van der Waals surface area contributed by atoms with Crippen LogP contribution in [0.1, 0.15) is 45.1 Å². The second-order valence-electron chi connectivity index (χ2n) is 5.12. The van der Waals surface area contributed by atoms with Gasteiger partial charge in [0.2, 0.25) is 0 Å². The molecule has 0 heterocycles. The third kappa shape index (κ3) is 6.22. The molecule has 2 atom stereocenters. The third-order valence-electron chi connectivity index (χ3n) is 3.63. The zero-order valence-electron chi connectivity index (χ0n) is 12.7. The Bertz CT molecular complexity index is 308. The molecule has 0 amide bonds. The molecule has 108 valence electrons. The fourth-order valence-electron chi connectivity index (χ4n) is 2.54. The van der Waals surface area contributed by atoms with Crippen molar-refractivity contribution in [3.8, 4) is 0 Å². The topological polar surface area (TPSA) is 21.3 Å². The number of hydrogen-bond acceptors (Lipinski definition) is 2. The molecule has 1 N–H and O–H groups in total. The van der Waals surface area contributed by atoms with E-state index in [1.807, 2.05) is 7.11 Å². The van der Waals surface area contributed by atoms with E-state index in [0.717, 1.165) is 19.4 Å². The SMILES string of the molecule is CCCNC(CCCc1ccccc1)C(CC)OC. The number of hydrogen-bond donors (Lipinski definition) is 1. The van der Waals surface area contributed by atoms with Crippen LogP contribution < -0.4 is 5.32 Å². The van der Waals surface area contributed by atoms with Crippen LogP contribution in [0, 0.1) is 0 Å². The van der Waals surface area contributed by atoms with E-state index in [2.05, 4.69) is 49.5 Å². The van der Waals surface area contributed by atoms with E-state index in [1.54, 1.807) is 0 Å². The Balaban J connectivity index is 2.39. The molecule has 0 saturated heterocycles. The summed E-state index contributed by atoms with van der Waals surface area (Å²) in [4.78, 5) is 0. The second kappa shape index (κ2) is 9.99. The maximum atomic E-state index is 5.60. The lowest BCUT2D eigenvalue weighted by Crippen LogP contribution is -2.41. The van der Waals surface area contributed by atoms with Crippen molar-refractivity contribution < 1.29 is 4.74 Å². The fourth-order valence-corrected chi connectivity index (χ4v) is 2.54. The molecule has 0 aliphatic rings. The van der Waals surface area contributed by atoms with Gasteiger partial charge in [0.05, 0.1) is 6.10 Å². The van der Waals surface area contributed by atoms with Crippen LogP contribution in [-0.4, -0.2) is 25.8 Å². The molecule has 0 fully saturated rings. The van der Waals surface area contributed by atoms with Crippen LogP contribution in [0.15, 0.2) is 30.3 Å². The van der Waals surface area contributed by atoms with Gasteiger partial charge < -0.3 is 10.1 Å². The van der Waals surface area contributed by atoms with Crippen molar-refractivity contribution in [3.63, 3.8) is 0 Å². The Morgan fingerprint density at radius 2 is 1.89 bits per heavy atom. The van der Waals surface area contributed by atoms with Gasteiger partial charge in [0.15, 0.2) is 0 Å². The van der Waals surface area contributed by atoms with E-state index in [-0.39, 0.29) is 0 Å². The maximum Gasteiger partial charge on any atom is 0.0721 e. The van der Waals surface area contributed by atoms with Crippen molar-refractivity contribution in [2.75, 3.05) is 13.7 Å². The molecule has 1 aromatic carbocycles. The van der Waals surface area contributed by atoms with Crippen LogP contribution in [0.25, 0.3) is 0 Å². The zero-order chi connectivity index (χ0) is 13.9.